The lowest BCUT2D eigenvalue weighted by molar-refractivity contribution is 0.299. The first kappa shape index (κ1) is 13.8. The Labute approximate surface area is 117 Å². The molecule has 1 aromatic carbocycles. The predicted molar refractivity (Wildman–Crippen MR) is 79.6 cm³/mol. The summed E-state index contributed by atoms with van der Waals surface area (Å²) in [6.45, 7) is 3.55. The molecule has 0 unspecified atom stereocenters. The van der Waals surface area contributed by atoms with Crippen molar-refractivity contribution in [2.75, 3.05) is 18.1 Å². The SMILES string of the molecule is CCSc1cc(N)n(CCCOc2ccccc2)n1. The third kappa shape index (κ3) is 4.21. The van der Waals surface area contributed by atoms with E-state index in [-0.39, 0.29) is 0 Å². The molecular weight excluding hydrogens is 258 g/mol. The number of nitrogens with two attached hydrogens (primary N) is 1. The van der Waals surface area contributed by atoms with Gasteiger partial charge in [-0.05, 0) is 17.9 Å². The van der Waals surface area contributed by atoms with Gasteiger partial charge in [-0.1, -0.05) is 25.1 Å². The molecule has 0 amide bonds. The smallest absolute Gasteiger partial charge is 0.122 e. The number of nitrogens with zero attached hydrogens (tertiary/aromatic N) is 2. The summed E-state index contributed by atoms with van der Waals surface area (Å²) in [5, 5.41) is 5.43. The Morgan fingerprint density at radius 1 is 1.32 bits per heavy atom. The predicted octanol–water partition coefficient (Wildman–Crippen LogP) is 3.05. The second kappa shape index (κ2) is 7.09. The Morgan fingerprint density at radius 3 is 2.84 bits per heavy atom. The van der Waals surface area contributed by atoms with Gasteiger partial charge >= 0.3 is 0 Å². The van der Waals surface area contributed by atoms with E-state index in [2.05, 4.69) is 12.0 Å². The fourth-order valence-electron chi connectivity index (χ4n) is 1.73. The molecule has 1 aromatic heterocycles. The molecular formula is C14H19N3OS. The number of nitrogen functional groups attached to an aromatic ring is 1. The van der Waals surface area contributed by atoms with Crippen LogP contribution in [0.5, 0.6) is 5.75 Å². The van der Waals surface area contributed by atoms with Crippen LogP contribution in [-0.2, 0) is 6.54 Å². The van der Waals surface area contributed by atoms with E-state index in [0.29, 0.717) is 6.61 Å². The number of benzene rings is 1. The third-order valence-corrected chi connectivity index (χ3v) is 3.39. The molecule has 0 aliphatic heterocycles. The van der Waals surface area contributed by atoms with E-state index >= 15 is 0 Å². The maximum Gasteiger partial charge on any atom is 0.122 e. The number of aromatic nitrogens is 2. The maximum atomic E-state index is 5.91. The quantitative estimate of drug-likeness (QED) is 0.624. The maximum absolute atomic E-state index is 5.91. The number of hydrogen-bond acceptors (Lipinski definition) is 4. The number of thioether (sulfide) groups is 1. The van der Waals surface area contributed by atoms with Crippen LogP contribution in [0.15, 0.2) is 41.4 Å². The Bertz CT molecular complexity index is 499. The van der Waals surface area contributed by atoms with Crippen LogP contribution in [0, 0.1) is 0 Å². The molecule has 1 heterocycles. The number of aryl methyl sites for hydroxylation is 1. The fourth-order valence-corrected chi connectivity index (χ4v) is 2.38. The van der Waals surface area contributed by atoms with Crippen molar-refractivity contribution in [1.29, 1.82) is 0 Å². The standard InChI is InChI=1S/C14H19N3OS/c1-2-19-14-11-13(15)17(16-14)9-6-10-18-12-7-4-3-5-8-12/h3-5,7-8,11H,2,6,9-10,15H2,1H3. The second-order valence-electron chi connectivity index (χ2n) is 4.08. The van der Waals surface area contributed by atoms with Gasteiger partial charge in [-0.3, -0.25) is 0 Å². The zero-order valence-electron chi connectivity index (χ0n) is 11.1. The fraction of sp³-hybridized carbons (Fsp3) is 0.357. The van der Waals surface area contributed by atoms with Crippen molar-refractivity contribution in [2.24, 2.45) is 0 Å². The Kier molecular flexibility index (Phi) is 5.15. The van der Waals surface area contributed by atoms with Gasteiger partial charge in [0.2, 0.25) is 0 Å². The zero-order chi connectivity index (χ0) is 13.5. The third-order valence-electron chi connectivity index (χ3n) is 2.61. The summed E-state index contributed by atoms with van der Waals surface area (Å²) >= 11 is 1.70. The molecule has 0 saturated carbocycles. The summed E-state index contributed by atoms with van der Waals surface area (Å²) in [7, 11) is 0. The highest BCUT2D eigenvalue weighted by Gasteiger charge is 2.04. The summed E-state index contributed by atoms with van der Waals surface area (Å²) in [6.07, 6.45) is 0.886. The molecule has 5 heteroatoms. The van der Waals surface area contributed by atoms with Crippen molar-refractivity contribution >= 4 is 17.6 Å². The van der Waals surface area contributed by atoms with Gasteiger partial charge in [-0.15, -0.1) is 11.8 Å². The highest BCUT2D eigenvalue weighted by atomic mass is 32.2. The number of rotatable bonds is 7. The molecule has 0 atom stereocenters. The van der Waals surface area contributed by atoms with Crippen molar-refractivity contribution in [1.82, 2.24) is 9.78 Å². The molecule has 0 radical (unpaired) electrons. The Hall–Kier alpha value is -1.62. The lowest BCUT2D eigenvalue weighted by Gasteiger charge is -2.06. The second-order valence-corrected chi connectivity index (χ2v) is 5.36. The van der Waals surface area contributed by atoms with Crippen molar-refractivity contribution in [3.8, 4) is 5.75 Å². The minimum atomic E-state index is 0.666. The molecule has 2 N–H and O–H groups in total. The number of anilines is 1. The van der Waals surface area contributed by atoms with E-state index in [4.69, 9.17) is 10.5 Å². The van der Waals surface area contributed by atoms with Crippen LogP contribution in [0.2, 0.25) is 0 Å². The van der Waals surface area contributed by atoms with Gasteiger partial charge in [0.1, 0.15) is 16.6 Å². The van der Waals surface area contributed by atoms with E-state index in [1.165, 1.54) is 0 Å². The van der Waals surface area contributed by atoms with Crippen LogP contribution >= 0.6 is 11.8 Å². The molecule has 0 saturated heterocycles. The van der Waals surface area contributed by atoms with E-state index < -0.39 is 0 Å². The molecule has 2 aromatic rings. The molecule has 0 spiro atoms. The average Bonchev–Trinajstić information content (AvgIpc) is 2.77. The van der Waals surface area contributed by atoms with Crippen molar-refractivity contribution in [2.45, 2.75) is 24.9 Å². The first-order valence-corrected chi connectivity index (χ1v) is 7.42. The van der Waals surface area contributed by atoms with Gasteiger partial charge < -0.3 is 10.5 Å². The van der Waals surface area contributed by atoms with Gasteiger partial charge in [0, 0.05) is 19.0 Å². The molecule has 2 rings (SSSR count). The van der Waals surface area contributed by atoms with Crippen LogP contribution in [-0.4, -0.2) is 22.1 Å². The van der Waals surface area contributed by atoms with Gasteiger partial charge in [0.15, 0.2) is 0 Å². The number of hydrogen-bond donors (Lipinski definition) is 1. The first-order chi connectivity index (χ1) is 9.29. The van der Waals surface area contributed by atoms with E-state index in [0.717, 1.165) is 35.3 Å². The van der Waals surface area contributed by atoms with Crippen LogP contribution in [0.25, 0.3) is 0 Å². The molecule has 0 fully saturated rings. The summed E-state index contributed by atoms with van der Waals surface area (Å²) in [5.74, 6) is 2.63. The van der Waals surface area contributed by atoms with Gasteiger partial charge in [0.25, 0.3) is 0 Å². The van der Waals surface area contributed by atoms with Crippen LogP contribution in [0.3, 0.4) is 0 Å². The van der Waals surface area contributed by atoms with Gasteiger partial charge in [-0.2, -0.15) is 5.10 Å². The molecule has 102 valence electrons. The summed E-state index contributed by atoms with van der Waals surface area (Å²) in [4.78, 5) is 0. The molecule has 0 bridgehead atoms. The van der Waals surface area contributed by atoms with Crippen molar-refractivity contribution in [3.63, 3.8) is 0 Å². The monoisotopic (exact) mass is 277 g/mol. The van der Waals surface area contributed by atoms with Gasteiger partial charge in [-0.25, -0.2) is 4.68 Å². The van der Waals surface area contributed by atoms with E-state index in [1.807, 2.05) is 41.1 Å². The van der Waals surface area contributed by atoms with Gasteiger partial charge in [0.05, 0.1) is 6.61 Å². The number of ether oxygens (including phenoxy) is 1. The lowest BCUT2D eigenvalue weighted by Crippen LogP contribution is -2.08. The normalized spacial score (nSPS) is 10.6. The summed E-state index contributed by atoms with van der Waals surface area (Å²) in [6, 6.07) is 11.7. The summed E-state index contributed by atoms with van der Waals surface area (Å²) in [5.41, 5.74) is 5.91. The minimum Gasteiger partial charge on any atom is -0.494 e. The first-order valence-electron chi connectivity index (χ1n) is 6.43. The van der Waals surface area contributed by atoms with Crippen LogP contribution in [0.1, 0.15) is 13.3 Å². The Morgan fingerprint density at radius 2 is 2.11 bits per heavy atom. The molecule has 4 nitrogen and oxygen atoms in total. The largest absolute Gasteiger partial charge is 0.494 e. The minimum absolute atomic E-state index is 0.666. The van der Waals surface area contributed by atoms with Crippen LogP contribution < -0.4 is 10.5 Å². The molecule has 0 aliphatic carbocycles. The van der Waals surface area contributed by atoms with Crippen LogP contribution in [0.4, 0.5) is 5.82 Å². The highest BCUT2D eigenvalue weighted by molar-refractivity contribution is 7.99. The lowest BCUT2D eigenvalue weighted by atomic mass is 10.3. The van der Waals surface area contributed by atoms with Crippen molar-refractivity contribution in [3.05, 3.63) is 36.4 Å². The zero-order valence-corrected chi connectivity index (χ0v) is 11.9. The van der Waals surface area contributed by atoms with E-state index in [9.17, 15) is 0 Å². The number of para-hydroxylation sites is 1. The topological polar surface area (TPSA) is 53.1 Å². The molecule has 0 aliphatic rings. The van der Waals surface area contributed by atoms with Crippen molar-refractivity contribution < 1.29 is 4.74 Å². The Balaban J connectivity index is 1.76. The van der Waals surface area contributed by atoms with E-state index in [1.54, 1.807) is 11.8 Å². The molecule has 19 heavy (non-hydrogen) atoms. The average molecular weight is 277 g/mol. The summed E-state index contributed by atoms with van der Waals surface area (Å²) < 4.78 is 7.47. The highest BCUT2D eigenvalue weighted by Crippen LogP contribution is 2.18.